The Bertz CT molecular complexity index is 720. The highest BCUT2D eigenvalue weighted by molar-refractivity contribution is 5.79. The van der Waals surface area contributed by atoms with Crippen LogP contribution in [0.3, 0.4) is 0 Å². The first-order valence-electron chi connectivity index (χ1n) is 8.11. The Labute approximate surface area is 140 Å². The van der Waals surface area contributed by atoms with Crippen molar-refractivity contribution in [3.8, 4) is 11.1 Å². The van der Waals surface area contributed by atoms with E-state index in [4.69, 9.17) is 4.74 Å². The molecule has 5 heteroatoms. The fraction of sp³-hybridized carbons (Fsp3) is 0.316. The molecule has 1 aliphatic carbocycles. The van der Waals surface area contributed by atoms with Gasteiger partial charge in [0.05, 0.1) is 25.3 Å². The van der Waals surface area contributed by atoms with E-state index in [9.17, 15) is 15.0 Å². The molecule has 2 N–H and O–H groups in total. The van der Waals surface area contributed by atoms with Gasteiger partial charge in [0.25, 0.3) is 0 Å². The molecule has 2 aromatic carbocycles. The lowest BCUT2D eigenvalue weighted by atomic mass is 9.98. The Morgan fingerprint density at radius 2 is 1.46 bits per heavy atom. The molecule has 1 aliphatic heterocycles. The van der Waals surface area contributed by atoms with E-state index >= 15 is 0 Å². The van der Waals surface area contributed by atoms with Crippen LogP contribution in [0.25, 0.3) is 11.1 Å². The molecule has 0 saturated carbocycles. The zero-order valence-electron chi connectivity index (χ0n) is 13.1. The van der Waals surface area contributed by atoms with Crippen molar-refractivity contribution in [2.45, 2.75) is 18.1 Å². The highest BCUT2D eigenvalue weighted by Gasteiger charge is 2.35. The first kappa shape index (κ1) is 15.2. The summed E-state index contributed by atoms with van der Waals surface area (Å²) in [5, 5.41) is 19.1. The molecule has 0 radical (unpaired) electrons. The minimum atomic E-state index is -0.898. The second-order valence-corrected chi connectivity index (χ2v) is 6.34. The topological polar surface area (TPSA) is 70.0 Å². The lowest BCUT2D eigenvalue weighted by Crippen LogP contribution is -2.31. The maximum Gasteiger partial charge on any atom is 0.409 e. The van der Waals surface area contributed by atoms with Gasteiger partial charge in [-0.2, -0.15) is 0 Å². The quantitative estimate of drug-likeness (QED) is 0.886. The van der Waals surface area contributed by atoms with Crippen molar-refractivity contribution in [1.29, 1.82) is 0 Å². The van der Waals surface area contributed by atoms with E-state index in [1.807, 2.05) is 24.3 Å². The number of rotatable bonds is 2. The second kappa shape index (κ2) is 5.92. The van der Waals surface area contributed by atoms with Crippen molar-refractivity contribution in [2.24, 2.45) is 0 Å². The summed E-state index contributed by atoms with van der Waals surface area (Å²) in [5.41, 5.74) is 4.68. The van der Waals surface area contributed by atoms with Gasteiger partial charge in [-0.05, 0) is 22.3 Å². The Kier molecular flexibility index (Phi) is 3.75. The molecular weight excluding hydrogens is 306 g/mol. The van der Waals surface area contributed by atoms with Gasteiger partial charge < -0.3 is 19.8 Å². The second-order valence-electron chi connectivity index (χ2n) is 6.34. The van der Waals surface area contributed by atoms with Gasteiger partial charge >= 0.3 is 6.09 Å². The summed E-state index contributed by atoms with van der Waals surface area (Å²) >= 11 is 0. The van der Waals surface area contributed by atoms with E-state index in [-0.39, 0.29) is 25.6 Å². The summed E-state index contributed by atoms with van der Waals surface area (Å²) in [7, 11) is 0. The summed E-state index contributed by atoms with van der Waals surface area (Å²) in [6.45, 7) is 0.464. The average molecular weight is 325 g/mol. The summed E-state index contributed by atoms with van der Waals surface area (Å²) in [6, 6.07) is 16.3. The van der Waals surface area contributed by atoms with Crippen molar-refractivity contribution in [3.05, 3.63) is 59.7 Å². The zero-order chi connectivity index (χ0) is 16.7. The number of carbonyl (C=O) groups is 1. The van der Waals surface area contributed by atoms with E-state index < -0.39 is 18.3 Å². The molecule has 0 spiro atoms. The minimum Gasteiger partial charge on any atom is -0.448 e. The largest absolute Gasteiger partial charge is 0.448 e. The summed E-state index contributed by atoms with van der Waals surface area (Å²) in [6.07, 6.45) is -2.29. The molecule has 124 valence electrons. The highest BCUT2D eigenvalue weighted by atomic mass is 16.6. The number of aliphatic hydroxyl groups is 2. The number of hydrogen-bond acceptors (Lipinski definition) is 4. The molecule has 0 unspecified atom stereocenters. The SMILES string of the molecule is O=C(OCC1c2ccccc2-c2ccccc21)N1C[C@@H](O)[C@@H](O)C1. The number of hydrogen-bond donors (Lipinski definition) is 2. The van der Waals surface area contributed by atoms with Crippen LogP contribution >= 0.6 is 0 Å². The lowest BCUT2D eigenvalue weighted by Gasteiger charge is -2.18. The molecule has 1 heterocycles. The Balaban J connectivity index is 1.52. The number of ether oxygens (including phenoxy) is 1. The van der Waals surface area contributed by atoms with Gasteiger partial charge in [-0.25, -0.2) is 4.79 Å². The Morgan fingerprint density at radius 1 is 0.958 bits per heavy atom. The van der Waals surface area contributed by atoms with Gasteiger partial charge in [0.15, 0.2) is 0 Å². The molecule has 1 fully saturated rings. The minimum absolute atomic E-state index is 0.0128. The third-order valence-electron chi connectivity index (χ3n) is 4.85. The molecule has 5 nitrogen and oxygen atoms in total. The van der Waals surface area contributed by atoms with Gasteiger partial charge in [0, 0.05) is 5.92 Å². The van der Waals surface area contributed by atoms with Crippen LogP contribution in [0.4, 0.5) is 4.79 Å². The van der Waals surface area contributed by atoms with Crippen LogP contribution < -0.4 is 0 Å². The zero-order valence-corrected chi connectivity index (χ0v) is 13.1. The number of fused-ring (bicyclic) bond motifs is 3. The Hall–Kier alpha value is -2.37. The number of likely N-dealkylation sites (tertiary alicyclic amines) is 1. The first-order chi connectivity index (χ1) is 11.6. The molecule has 2 atom stereocenters. The summed E-state index contributed by atoms with van der Waals surface area (Å²) < 4.78 is 5.49. The monoisotopic (exact) mass is 325 g/mol. The van der Waals surface area contributed by atoms with E-state index in [1.54, 1.807) is 0 Å². The van der Waals surface area contributed by atoms with E-state index in [0.717, 1.165) is 11.1 Å². The fourth-order valence-electron chi connectivity index (χ4n) is 3.60. The van der Waals surface area contributed by atoms with Crippen molar-refractivity contribution in [3.63, 3.8) is 0 Å². The normalized spacial score (nSPS) is 22.3. The number of carbonyl (C=O) groups excluding carboxylic acids is 1. The number of β-amino-alcohol motifs (C(OH)–C–C–N with tert-alkyl or cyclic N) is 2. The van der Waals surface area contributed by atoms with Crippen LogP contribution in [0.5, 0.6) is 0 Å². The van der Waals surface area contributed by atoms with Crippen LogP contribution in [-0.2, 0) is 4.74 Å². The van der Waals surface area contributed by atoms with Gasteiger partial charge in [0.2, 0.25) is 0 Å². The van der Waals surface area contributed by atoms with Gasteiger partial charge in [0.1, 0.15) is 6.61 Å². The number of aliphatic hydroxyl groups excluding tert-OH is 2. The number of benzene rings is 2. The van der Waals surface area contributed by atoms with Crippen molar-refractivity contribution in [2.75, 3.05) is 19.7 Å². The molecule has 0 bridgehead atoms. The molecule has 1 amide bonds. The predicted octanol–water partition coefficient (Wildman–Crippen LogP) is 1.97. The van der Waals surface area contributed by atoms with Crippen molar-refractivity contribution in [1.82, 2.24) is 4.90 Å². The predicted molar refractivity (Wildman–Crippen MR) is 88.7 cm³/mol. The van der Waals surface area contributed by atoms with Crippen molar-refractivity contribution >= 4 is 6.09 Å². The summed E-state index contributed by atoms with van der Waals surface area (Å²) in [5.74, 6) is 0.0128. The third kappa shape index (κ3) is 2.46. The number of amides is 1. The van der Waals surface area contributed by atoms with Crippen LogP contribution in [0.15, 0.2) is 48.5 Å². The van der Waals surface area contributed by atoms with E-state index in [1.165, 1.54) is 16.0 Å². The van der Waals surface area contributed by atoms with Gasteiger partial charge in [-0.3, -0.25) is 0 Å². The Morgan fingerprint density at radius 3 is 2.00 bits per heavy atom. The first-order valence-corrected chi connectivity index (χ1v) is 8.11. The molecule has 0 aromatic heterocycles. The smallest absolute Gasteiger partial charge is 0.409 e. The molecule has 24 heavy (non-hydrogen) atoms. The van der Waals surface area contributed by atoms with Gasteiger partial charge in [-0.15, -0.1) is 0 Å². The van der Waals surface area contributed by atoms with Crippen LogP contribution in [0, 0.1) is 0 Å². The maximum absolute atomic E-state index is 12.2. The van der Waals surface area contributed by atoms with Crippen molar-refractivity contribution < 1.29 is 19.7 Å². The maximum atomic E-state index is 12.2. The lowest BCUT2D eigenvalue weighted by molar-refractivity contribution is 0.0572. The van der Waals surface area contributed by atoms with Gasteiger partial charge in [-0.1, -0.05) is 48.5 Å². The van der Waals surface area contributed by atoms with Crippen LogP contribution in [-0.4, -0.2) is 53.1 Å². The molecular formula is C19H19NO4. The molecule has 2 aromatic rings. The molecule has 2 aliphatic rings. The average Bonchev–Trinajstić information content (AvgIpc) is 3.11. The van der Waals surface area contributed by atoms with Crippen LogP contribution in [0.2, 0.25) is 0 Å². The van der Waals surface area contributed by atoms with E-state index in [2.05, 4.69) is 24.3 Å². The van der Waals surface area contributed by atoms with Crippen LogP contribution in [0.1, 0.15) is 17.0 Å². The summed E-state index contributed by atoms with van der Waals surface area (Å²) in [4.78, 5) is 13.5. The number of nitrogens with zero attached hydrogens (tertiary/aromatic N) is 1. The molecule has 4 rings (SSSR count). The fourth-order valence-corrected chi connectivity index (χ4v) is 3.60. The molecule has 1 saturated heterocycles. The van der Waals surface area contributed by atoms with E-state index in [0.29, 0.717) is 0 Å². The standard InChI is InChI=1S/C19H19NO4/c21-17-9-20(10-18(17)22)19(23)24-11-16-14-7-3-1-5-12(14)13-6-2-4-8-15(13)16/h1-8,16-18,21-22H,9-11H2/t17-,18+. The highest BCUT2D eigenvalue weighted by Crippen LogP contribution is 2.44. The third-order valence-corrected chi connectivity index (χ3v) is 4.85.